The van der Waals surface area contributed by atoms with Gasteiger partial charge in [-0.2, -0.15) is 0 Å². The zero-order valence-corrected chi connectivity index (χ0v) is 7.92. The maximum Gasteiger partial charge on any atom is 0.0974 e. The van der Waals surface area contributed by atoms with Crippen LogP contribution >= 0.6 is 0 Å². The first-order valence-electron chi connectivity index (χ1n) is 4.97. The minimum Gasteiger partial charge on any atom is -0.394 e. The molecule has 0 saturated heterocycles. The number of aliphatic hydroxyl groups excluding tert-OH is 1. The monoisotopic (exact) mass is 185 g/mol. The van der Waals surface area contributed by atoms with Crippen molar-refractivity contribution < 1.29 is 14.6 Å². The van der Waals surface area contributed by atoms with Crippen LogP contribution in [-0.2, 0) is 9.47 Å². The smallest absolute Gasteiger partial charge is 0.0974 e. The van der Waals surface area contributed by atoms with Gasteiger partial charge in [-0.05, 0) is 32.6 Å². The van der Waals surface area contributed by atoms with E-state index in [1.807, 2.05) is 0 Å². The second-order valence-electron chi connectivity index (χ2n) is 3.91. The Hall–Kier alpha value is -0.120. The molecule has 13 heavy (non-hydrogen) atoms. The molecule has 75 valence electrons. The molecule has 0 bridgehead atoms. The predicted molar refractivity (Wildman–Crippen MR) is 48.3 cm³/mol. The van der Waals surface area contributed by atoms with E-state index in [1.54, 1.807) is 0 Å². The Morgan fingerprint density at radius 3 is 2.00 bits per heavy atom. The van der Waals surface area contributed by atoms with Crippen molar-refractivity contribution in [2.45, 2.75) is 36.9 Å². The van der Waals surface area contributed by atoms with E-state index in [1.165, 1.54) is 0 Å². The molecule has 0 heterocycles. The van der Waals surface area contributed by atoms with E-state index >= 15 is 0 Å². The third kappa shape index (κ3) is 1.49. The first-order valence-corrected chi connectivity index (χ1v) is 4.97. The molecule has 0 aliphatic heterocycles. The summed E-state index contributed by atoms with van der Waals surface area (Å²) in [6, 6.07) is 0. The van der Waals surface area contributed by atoms with Crippen molar-refractivity contribution in [3.63, 3.8) is 0 Å². The molecule has 1 radical (unpaired) electrons. The standard InChI is InChI=1S/C10H17O3/c1-2-12-9(3-4-9)10(5-6-10)13-8-7-11/h11H,1-8H2. The Bertz CT molecular complexity index is 183. The summed E-state index contributed by atoms with van der Waals surface area (Å²) in [5.41, 5.74) is -0.0999. The third-order valence-electron chi connectivity index (χ3n) is 3.09. The normalized spacial score (nSPS) is 27.2. The molecular weight excluding hydrogens is 168 g/mol. The lowest BCUT2D eigenvalue weighted by Crippen LogP contribution is -2.36. The molecule has 0 aromatic heterocycles. The summed E-state index contributed by atoms with van der Waals surface area (Å²) in [5.74, 6) is 0. The highest BCUT2D eigenvalue weighted by molar-refractivity contribution is 5.20. The molecule has 1 N–H and O–H groups in total. The van der Waals surface area contributed by atoms with Crippen molar-refractivity contribution in [3.8, 4) is 0 Å². The van der Waals surface area contributed by atoms with Gasteiger partial charge in [-0.25, -0.2) is 0 Å². The van der Waals surface area contributed by atoms with Crippen LogP contribution in [0, 0.1) is 6.92 Å². The molecule has 2 rings (SSSR count). The number of aliphatic hydroxyl groups is 1. The third-order valence-corrected chi connectivity index (χ3v) is 3.09. The van der Waals surface area contributed by atoms with Crippen LogP contribution in [0.1, 0.15) is 25.7 Å². The molecule has 0 aromatic rings. The van der Waals surface area contributed by atoms with Crippen LogP contribution in [-0.4, -0.2) is 36.1 Å². The van der Waals surface area contributed by atoms with Gasteiger partial charge in [0, 0.05) is 6.61 Å². The fraction of sp³-hybridized carbons (Fsp3) is 0.900. The molecule has 0 spiro atoms. The van der Waals surface area contributed by atoms with Gasteiger partial charge in [0.1, 0.15) is 0 Å². The van der Waals surface area contributed by atoms with Crippen LogP contribution in [0.15, 0.2) is 0 Å². The largest absolute Gasteiger partial charge is 0.394 e. The van der Waals surface area contributed by atoms with Gasteiger partial charge in [-0.3, -0.25) is 0 Å². The molecule has 2 fully saturated rings. The number of hydrogen-bond donors (Lipinski definition) is 1. The predicted octanol–water partition coefficient (Wildman–Crippen LogP) is 0.911. The molecule has 2 aliphatic rings. The molecule has 0 amide bonds. The van der Waals surface area contributed by atoms with Crippen molar-refractivity contribution in [1.82, 2.24) is 0 Å². The second-order valence-corrected chi connectivity index (χ2v) is 3.91. The topological polar surface area (TPSA) is 38.7 Å². The summed E-state index contributed by atoms with van der Waals surface area (Å²) < 4.78 is 11.3. The van der Waals surface area contributed by atoms with Gasteiger partial charge >= 0.3 is 0 Å². The lowest BCUT2D eigenvalue weighted by Gasteiger charge is -2.26. The molecule has 0 unspecified atom stereocenters. The average Bonchev–Trinajstić information content (AvgIpc) is 2.96. The number of rotatable bonds is 6. The molecule has 2 aliphatic carbocycles. The van der Waals surface area contributed by atoms with E-state index in [0.29, 0.717) is 13.2 Å². The molecule has 0 aromatic carbocycles. The summed E-state index contributed by atoms with van der Waals surface area (Å²) in [5, 5.41) is 8.70. The van der Waals surface area contributed by atoms with Gasteiger partial charge in [0.05, 0.1) is 24.4 Å². The fourth-order valence-electron chi connectivity index (χ4n) is 2.13. The zero-order valence-electron chi connectivity index (χ0n) is 7.92. The Morgan fingerprint density at radius 2 is 1.62 bits per heavy atom. The lowest BCUT2D eigenvalue weighted by atomic mass is 10.1. The Kier molecular flexibility index (Phi) is 2.34. The summed E-state index contributed by atoms with van der Waals surface area (Å²) in [6.07, 6.45) is 4.34. The van der Waals surface area contributed by atoms with Gasteiger partial charge in [-0.1, -0.05) is 0 Å². The lowest BCUT2D eigenvalue weighted by molar-refractivity contribution is -0.106. The Balaban J connectivity index is 1.91. The summed E-state index contributed by atoms with van der Waals surface area (Å²) in [6.45, 7) is 4.76. The summed E-state index contributed by atoms with van der Waals surface area (Å²) in [7, 11) is 0. The average molecular weight is 185 g/mol. The van der Waals surface area contributed by atoms with Gasteiger partial charge in [-0.15, -0.1) is 0 Å². The highest BCUT2D eigenvalue weighted by Crippen LogP contribution is 2.61. The SMILES string of the molecule is [CH2]COC1(C2(OCCO)CC2)CC1. The van der Waals surface area contributed by atoms with Crippen molar-refractivity contribution in [3.05, 3.63) is 6.92 Å². The fourth-order valence-corrected chi connectivity index (χ4v) is 2.13. The first-order chi connectivity index (χ1) is 6.29. The highest BCUT2D eigenvalue weighted by Gasteiger charge is 2.67. The van der Waals surface area contributed by atoms with Crippen molar-refractivity contribution in [2.75, 3.05) is 19.8 Å². The van der Waals surface area contributed by atoms with Crippen molar-refractivity contribution >= 4 is 0 Å². The Morgan fingerprint density at radius 1 is 1.08 bits per heavy atom. The molecular formula is C10H17O3. The molecule has 3 heteroatoms. The minimum absolute atomic E-state index is 0.0378. The Labute approximate surface area is 79.0 Å². The first kappa shape index (κ1) is 9.44. The number of hydrogen-bond acceptors (Lipinski definition) is 3. The van der Waals surface area contributed by atoms with E-state index < -0.39 is 0 Å². The maximum absolute atomic E-state index is 8.70. The molecule has 2 saturated carbocycles. The van der Waals surface area contributed by atoms with Gasteiger partial charge in [0.2, 0.25) is 0 Å². The van der Waals surface area contributed by atoms with Gasteiger partial charge < -0.3 is 14.6 Å². The van der Waals surface area contributed by atoms with Crippen molar-refractivity contribution in [2.24, 2.45) is 0 Å². The zero-order chi connectivity index (χ0) is 9.36. The van der Waals surface area contributed by atoms with E-state index in [-0.39, 0.29) is 17.8 Å². The van der Waals surface area contributed by atoms with Gasteiger partial charge in [0.15, 0.2) is 0 Å². The van der Waals surface area contributed by atoms with Crippen LogP contribution < -0.4 is 0 Å². The van der Waals surface area contributed by atoms with Crippen molar-refractivity contribution in [1.29, 1.82) is 0 Å². The highest BCUT2D eigenvalue weighted by atomic mass is 16.6. The molecule has 0 atom stereocenters. The van der Waals surface area contributed by atoms with E-state index in [9.17, 15) is 0 Å². The van der Waals surface area contributed by atoms with Crippen LogP contribution in [0.5, 0.6) is 0 Å². The van der Waals surface area contributed by atoms with Crippen LogP contribution in [0.2, 0.25) is 0 Å². The number of ether oxygens (including phenoxy) is 2. The summed E-state index contributed by atoms with van der Waals surface area (Å²) in [4.78, 5) is 0. The quantitative estimate of drug-likeness (QED) is 0.668. The second kappa shape index (κ2) is 3.23. The minimum atomic E-state index is -0.0621. The molecule has 3 nitrogen and oxygen atoms in total. The van der Waals surface area contributed by atoms with E-state index in [2.05, 4.69) is 6.92 Å². The van der Waals surface area contributed by atoms with Gasteiger partial charge in [0.25, 0.3) is 0 Å². The van der Waals surface area contributed by atoms with E-state index in [4.69, 9.17) is 14.6 Å². The van der Waals surface area contributed by atoms with E-state index in [0.717, 1.165) is 25.7 Å². The summed E-state index contributed by atoms with van der Waals surface area (Å²) >= 11 is 0. The van der Waals surface area contributed by atoms with Crippen LogP contribution in [0.3, 0.4) is 0 Å². The van der Waals surface area contributed by atoms with Crippen LogP contribution in [0.4, 0.5) is 0 Å². The maximum atomic E-state index is 8.70. The van der Waals surface area contributed by atoms with Crippen LogP contribution in [0.25, 0.3) is 0 Å².